The van der Waals surface area contributed by atoms with E-state index in [4.69, 9.17) is 5.73 Å². The lowest BCUT2D eigenvalue weighted by Gasteiger charge is -2.48. The fraction of sp³-hybridized carbons (Fsp3) is 0.615. The van der Waals surface area contributed by atoms with Crippen LogP contribution in [0.25, 0.3) is 0 Å². The summed E-state index contributed by atoms with van der Waals surface area (Å²) < 4.78 is 0. The first-order valence-electron chi connectivity index (χ1n) is 12.9. The van der Waals surface area contributed by atoms with Gasteiger partial charge in [-0.15, -0.1) is 0 Å². The Morgan fingerprint density at radius 1 is 1.12 bits per heavy atom. The number of amidine groups is 1. The normalized spacial score (nSPS) is 25.0. The number of nitrogens with one attached hydrogen (secondary N) is 2. The highest BCUT2D eigenvalue weighted by Gasteiger charge is 2.40. The third-order valence-electron chi connectivity index (χ3n) is 8.00. The Bertz CT molecular complexity index is 898. The van der Waals surface area contributed by atoms with E-state index < -0.39 is 0 Å². The second kappa shape index (κ2) is 10.5. The molecule has 4 heterocycles. The molecule has 0 aromatic heterocycles. The number of amides is 2. The quantitative estimate of drug-likeness (QED) is 0.634. The van der Waals surface area contributed by atoms with Crippen LogP contribution in [0.2, 0.25) is 0 Å². The van der Waals surface area contributed by atoms with Crippen molar-refractivity contribution < 1.29 is 4.79 Å². The largest absolute Gasteiger partial charge is 0.328 e. The van der Waals surface area contributed by atoms with Gasteiger partial charge in [0.05, 0.1) is 0 Å². The van der Waals surface area contributed by atoms with E-state index in [1.54, 1.807) is 0 Å². The Hall–Kier alpha value is -2.42. The van der Waals surface area contributed by atoms with Gasteiger partial charge in [-0.2, -0.15) is 0 Å². The maximum Gasteiger partial charge on any atom is 0.322 e. The molecule has 3 fully saturated rings. The average Bonchev–Trinajstić information content (AvgIpc) is 3.06. The van der Waals surface area contributed by atoms with Gasteiger partial charge >= 0.3 is 6.03 Å². The lowest BCUT2D eigenvalue weighted by molar-refractivity contribution is 0.0698. The summed E-state index contributed by atoms with van der Waals surface area (Å²) in [6, 6.07) is 9.10. The lowest BCUT2D eigenvalue weighted by atomic mass is 9.73. The highest BCUT2D eigenvalue weighted by Crippen LogP contribution is 2.34. The van der Waals surface area contributed by atoms with Crippen LogP contribution in [0.3, 0.4) is 0 Å². The number of hydrogen-bond donors (Lipinski definition) is 3. The molecule has 8 heteroatoms. The van der Waals surface area contributed by atoms with Gasteiger partial charge in [-0.3, -0.25) is 5.32 Å². The molecule has 3 saturated heterocycles. The SMILES string of the molecule is NC1CCCN(CCc2ccc(N3C=CC(NC(=O)N4CCC5(CC4)CNC5)=NC3)cc2)CC1. The minimum Gasteiger partial charge on any atom is -0.328 e. The molecule has 8 nitrogen and oxygen atoms in total. The summed E-state index contributed by atoms with van der Waals surface area (Å²) >= 11 is 0. The second-order valence-electron chi connectivity index (χ2n) is 10.4. The van der Waals surface area contributed by atoms with Crippen molar-refractivity contribution >= 4 is 17.6 Å². The predicted octanol–water partition coefficient (Wildman–Crippen LogP) is 2.13. The van der Waals surface area contributed by atoms with Crippen LogP contribution in [0.5, 0.6) is 0 Å². The van der Waals surface area contributed by atoms with Crippen molar-refractivity contribution in [2.45, 2.75) is 44.6 Å². The average molecular weight is 466 g/mol. The number of hydrogen-bond acceptors (Lipinski definition) is 6. The van der Waals surface area contributed by atoms with Crippen molar-refractivity contribution in [2.24, 2.45) is 16.1 Å². The van der Waals surface area contributed by atoms with Crippen molar-refractivity contribution in [3.05, 3.63) is 42.1 Å². The number of nitrogens with two attached hydrogens (primary N) is 1. The van der Waals surface area contributed by atoms with Gasteiger partial charge in [-0.1, -0.05) is 12.1 Å². The number of aliphatic imine (C=N–C) groups is 1. The molecule has 1 aromatic rings. The van der Waals surface area contributed by atoms with Gasteiger partial charge in [-0.05, 0) is 80.8 Å². The van der Waals surface area contributed by atoms with E-state index in [2.05, 4.69) is 49.7 Å². The maximum atomic E-state index is 12.6. The first-order chi connectivity index (χ1) is 16.6. The number of anilines is 1. The molecule has 1 spiro atoms. The standard InChI is InChI=1S/C26H39N7O/c27-22-2-1-12-31(14-8-22)13-7-21-3-5-23(6-4-21)33-15-9-24(29-20-33)30-25(34)32-16-10-26(11-17-32)18-28-19-26/h3-6,9,15,22,28H,1-2,7-8,10-14,16-20,27H2,(H,29,30,34). The van der Waals surface area contributed by atoms with Crippen LogP contribution in [0.15, 0.2) is 41.5 Å². The molecule has 0 saturated carbocycles. The summed E-state index contributed by atoms with van der Waals surface area (Å²) in [4.78, 5) is 23.8. The molecule has 5 rings (SSSR count). The number of benzene rings is 1. The Morgan fingerprint density at radius 3 is 2.59 bits per heavy atom. The number of rotatable bonds is 4. The first kappa shape index (κ1) is 23.3. The molecule has 4 aliphatic rings. The summed E-state index contributed by atoms with van der Waals surface area (Å²) in [6.45, 7) is 7.74. The van der Waals surface area contributed by atoms with E-state index >= 15 is 0 Å². The summed E-state index contributed by atoms with van der Waals surface area (Å²) in [5.74, 6) is 0.639. The van der Waals surface area contributed by atoms with Gasteiger partial charge in [-0.25, -0.2) is 9.79 Å². The minimum atomic E-state index is -0.0327. The van der Waals surface area contributed by atoms with Gasteiger partial charge in [0, 0.05) is 50.7 Å². The van der Waals surface area contributed by atoms with Crippen LogP contribution in [-0.2, 0) is 6.42 Å². The van der Waals surface area contributed by atoms with E-state index in [9.17, 15) is 4.79 Å². The highest BCUT2D eigenvalue weighted by atomic mass is 16.2. The van der Waals surface area contributed by atoms with E-state index in [-0.39, 0.29) is 6.03 Å². The van der Waals surface area contributed by atoms with Crippen LogP contribution < -0.4 is 21.3 Å². The Morgan fingerprint density at radius 2 is 1.91 bits per heavy atom. The Labute approximate surface area is 203 Å². The van der Waals surface area contributed by atoms with Crippen molar-refractivity contribution in [3.63, 3.8) is 0 Å². The third kappa shape index (κ3) is 5.62. The molecular formula is C26H39N7O. The molecule has 0 bridgehead atoms. The zero-order chi connectivity index (χ0) is 23.4. The third-order valence-corrected chi connectivity index (χ3v) is 8.00. The number of carbonyl (C=O) groups excluding carboxylic acids is 1. The van der Waals surface area contributed by atoms with E-state index in [1.165, 1.54) is 12.0 Å². The smallest absolute Gasteiger partial charge is 0.322 e. The van der Waals surface area contributed by atoms with Crippen molar-refractivity contribution in [1.29, 1.82) is 0 Å². The van der Waals surface area contributed by atoms with Gasteiger partial charge in [0.15, 0.2) is 0 Å². The molecule has 184 valence electrons. The highest BCUT2D eigenvalue weighted by molar-refractivity contribution is 6.04. The topological polar surface area (TPSA) is 89.2 Å². The van der Waals surface area contributed by atoms with Gasteiger partial charge < -0.3 is 25.8 Å². The number of likely N-dealkylation sites (tertiary alicyclic amines) is 2. The predicted molar refractivity (Wildman–Crippen MR) is 137 cm³/mol. The Kier molecular flexibility index (Phi) is 7.18. The Balaban J connectivity index is 1.06. The van der Waals surface area contributed by atoms with Crippen LogP contribution in [0.1, 0.15) is 37.7 Å². The van der Waals surface area contributed by atoms with E-state index in [0.29, 0.717) is 24.0 Å². The molecule has 2 amide bonds. The van der Waals surface area contributed by atoms with Crippen LogP contribution in [0.4, 0.5) is 10.5 Å². The fourth-order valence-corrected chi connectivity index (χ4v) is 5.41. The molecule has 1 aromatic carbocycles. The van der Waals surface area contributed by atoms with Gasteiger partial charge in [0.25, 0.3) is 0 Å². The van der Waals surface area contributed by atoms with Crippen molar-refractivity contribution in [2.75, 3.05) is 57.4 Å². The molecule has 0 aliphatic carbocycles. The second-order valence-corrected chi connectivity index (χ2v) is 10.4. The molecule has 4 aliphatic heterocycles. The summed E-state index contributed by atoms with van der Waals surface area (Å²) in [7, 11) is 0. The van der Waals surface area contributed by atoms with Crippen LogP contribution in [0, 0.1) is 5.41 Å². The van der Waals surface area contributed by atoms with Gasteiger partial charge in [0.1, 0.15) is 12.5 Å². The number of urea groups is 1. The molecule has 0 radical (unpaired) electrons. The van der Waals surface area contributed by atoms with Crippen LogP contribution >= 0.6 is 0 Å². The zero-order valence-corrected chi connectivity index (χ0v) is 20.2. The van der Waals surface area contributed by atoms with Gasteiger partial charge in [0.2, 0.25) is 0 Å². The van der Waals surface area contributed by atoms with E-state index in [0.717, 1.165) is 83.6 Å². The van der Waals surface area contributed by atoms with Crippen molar-refractivity contribution in [3.8, 4) is 0 Å². The van der Waals surface area contributed by atoms with E-state index in [1.807, 2.05) is 17.2 Å². The summed E-state index contributed by atoms with van der Waals surface area (Å²) in [5, 5.41) is 6.35. The molecule has 4 N–H and O–H groups in total. The maximum absolute atomic E-state index is 12.6. The number of piperidine rings is 1. The minimum absolute atomic E-state index is 0.0327. The van der Waals surface area contributed by atoms with Crippen LogP contribution in [-0.4, -0.2) is 80.2 Å². The van der Waals surface area contributed by atoms with Crippen molar-refractivity contribution in [1.82, 2.24) is 20.4 Å². The zero-order valence-electron chi connectivity index (χ0n) is 20.2. The lowest BCUT2D eigenvalue weighted by Crippen LogP contribution is -2.59. The molecule has 34 heavy (non-hydrogen) atoms. The number of carbonyl (C=O) groups is 1. The molecule has 1 unspecified atom stereocenters. The monoisotopic (exact) mass is 465 g/mol. The summed E-state index contributed by atoms with van der Waals surface area (Å²) in [6.07, 6.45) is 10.6. The summed E-state index contributed by atoms with van der Waals surface area (Å²) in [5.41, 5.74) is 9.02. The first-order valence-corrected chi connectivity index (χ1v) is 12.9. The molecule has 1 atom stereocenters. The fourth-order valence-electron chi connectivity index (χ4n) is 5.41. The number of nitrogens with zero attached hydrogens (tertiary/aromatic N) is 4. The molecular weight excluding hydrogens is 426 g/mol.